The molecule has 0 saturated carbocycles. The first kappa shape index (κ1) is 10.5. The minimum absolute atomic E-state index is 0.103. The third kappa shape index (κ3) is 1.02. The molecule has 0 bridgehead atoms. The van der Waals surface area contributed by atoms with Crippen LogP contribution in [0.3, 0.4) is 0 Å². The van der Waals surface area contributed by atoms with Gasteiger partial charge in [0.15, 0.2) is 5.78 Å². The highest BCUT2D eigenvalue weighted by Crippen LogP contribution is 2.58. The van der Waals surface area contributed by atoms with E-state index in [-0.39, 0.29) is 11.7 Å². The van der Waals surface area contributed by atoms with Crippen molar-refractivity contribution in [2.75, 3.05) is 0 Å². The molecule has 1 aromatic carbocycles. The first-order valence-electron chi connectivity index (χ1n) is 5.76. The van der Waals surface area contributed by atoms with Crippen LogP contribution >= 0.6 is 0 Å². The van der Waals surface area contributed by atoms with E-state index in [1.165, 1.54) is 0 Å². The summed E-state index contributed by atoms with van der Waals surface area (Å²) in [6.07, 6.45) is 0. The lowest BCUT2D eigenvalue weighted by molar-refractivity contribution is -0.150. The van der Waals surface area contributed by atoms with E-state index in [1.807, 2.05) is 32.0 Å². The van der Waals surface area contributed by atoms with E-state index in [0.717, 1.165) is 5.56 Å². The fourth-order valence-corrected chi connectivity index (χ4v) is 3.36. The summed E-state index contributed by atoms with van der Waals surface area (Å²) in [4.78, 5) is 24.4. The number of hydrogen-bond acceptors (Lipinski definition) is 3. The van der Waals surface area contributed by atoms with Gasteiger partial charge in [0.25, 0.3) is 0 Å². The zero-order valence-corrected chi connectivity index (χ0v) is 10.1. The Morgan fingerprint density at radius 2 is 1.76 bits per heavy atom. The normalized spacial score (nSPS) is 33.2. The second-order valence-electron chi connectivity index (χ2n) is 5.54. The number of esters is 1. The van der Waals surface area contributed by atoms with Crippen LogP contribution in [0.2, 0.25) is 0 Å². The van der Waals surface area contributed by atoms with Gasteiger partial charge in [-0.15, -0.1) is 0 Å². The van der Waals surface area contributed by atoms with Crippen molar-refractivity contribution in [1.29, 1.82) is 0 Å². The topological polar surface area (TPSA) is 43.4 Å². The minimum Gasteiger partial charge on any atom is -0.458 e. The lowest BCUT2D eigenvalue weighted by atomic mass is 9.72. The van der Waals surface area contributed by atoms with E-state index in [0.29, 0.717) is 5.56 Å². The number of carbonyl (C=O) groups excluding carboxylic acids is 2. The van der Waals surface area contributed by atoms with Crippen LogP contribution in [0.15, 0.2) is 24.3 Å². The summed E-state index contributed by atoms with van der Waals surface area (Å²) in [5, 5.41) is 0. The van der Waals surface area contributed by atoms with E-state index in [1.54, 1.807) is 13.0 Å². The average molecular weight is 230 g/mol. The van der Waals surface area contributed by atoms with Crippen LogP contribution < -0.4 is 0 Å². The Hall–Kier alpha value is -1.64. The van der Waals surface area contributed by atoms with Crippen molar-refractivity contribution in [3.05, 3.63) is 35.4 Å². The molecule has 1 heterocycles. The largest absolute Gasteiger partial charge is 0.458 e. The first-order valence-corrected chi connectivity index (χ1v) is 5.76. The lowest BCUT2D eigenvalue weighted by Crippen LogP contribution is -2.34. The predicted molar refractivity (Wildman–Crippen MR) is 61.8 cm³/mol. The number of carbonyl (C=O) groups is 2. The Kier molecular flexibility index (Phi) is 1.72. The second-order valence-corrected chi connectivity index (χ2v) is 5.54. The Labute approximate surface area is 99.8 Å². The van der Waals surface area contributed by atoms with Gasteiger partial charge in [0.2, 0.25) is 0 Å². The Morgan fingerprint density at radius 1 is 1.12 bits per heavy atom. The third-order valence-electron chi connectivity index (χ3n) is 4.04. The zero-order chi connectivity index (χ0) is 12.4. The van der Waals surface area contributed by atoms with Crippen LogP contribution in [0.1, 0.15) is 42.6 Å². The van der Waals surface area contributed by atoms with Gasteiger partial charge < -0.3 is 4.74 Å². The van der Waals surface area contributed by atoms with E-state index in [2.05, 4.69) is 0 Å². The van der Waals surface area contributed by atoms with Gasteiger partial charge in [0, 0.05) is 11.5 Å². The van der Waals surface area contributed by atoms with Crippen molar-refractivity contribution in [3.8, 4) is 0 Å². The lowest BCUT2D eigenvalue weighted by Gasteiger charge is -2.26. The molecule has 0 amide bonds. The number of Topliss-reactive ketones (excluding diaryl/α,β-unsaturated/α-hetero) is 1. The number of rotatable bonds is 0. The fourth-order valence-electron chi connectivity index (χ4n) is 3.36. The molecule has 0 radical (unpaired) electrons. The molecule has 2 atom stereocenters. The molecule has 1 saturated heterocycles. The summed E-state index contributed by atoms with van der Waals surface area (Å²) in [5.41, 5.74) is -0.0399. The molecule has 17 heavy (non-hydrogen) atoms. The van der Waals surface area contributed by atoms with Crippen LogP contribution in [0.4, 0.5) is 0 Å². The maximum absolute atomic E-state index is 12.4. The third-order valence-corrected chi connectivity index (χ3v) is 4.04. The highest BCUT2D eigenvalue weighted by Gasteiger charge is 2.67. The van der Waals surface area contributed by atoms with Gasteiger partial charge in [-0.05, 0) is 26.3 Å². The molecule has 1 aromatic rings. The van der Waals surface area contributed by atoms with Gasteiger partial charge in [-0.3, -0.25) is 9.59 Å². The quantitative estimate of drug-likeness (QED) is 0.507. The number of ketones is 1. The number of ether oxygens (including phenoxy) is 1. The Balaban J connectivity index is 2.31. The maximum atomic E-state index is 12.4. The molecule has 3 nitrogen and oxygen atoms in total. The summed E-state index contributed by atoms with van der Waals surface area (Å²) in [7, 11) is 0. The molecule has 2 aliphatic rings. The first-order chi connectivity index (χ1) is 7.89. The summed E-state index contributed by atoms with van der Waals surface area (Å²) in [5.74, 6) is -0.673. The molecular weight excluding hydrogens is 216 g/mol. The van der Waals surface area contributed by atoms with E-state index >= 15 is 0 Å². The summed E-state index contributed by atoms with van der Waals surface area (Å²) < 4.78 is 5.39. The standard InChI is InChI=1S/C14H14O3/c1-13(2)10-8-6-4-5-7-9(8)11(15)14(10,3)12(16)17-13/h4-7,10H,1-3H3/t10-,14+/m1/s1. The van der Waals surface area contributed by atoms with Gasteiger partial charge in [0.1, 0.15) is 11.0 Å². The van der Waals surface area contributed by atoms with Crippen molar-refractivity contribution in [2.24, 2.45) is 5.41 Å². The number of benzene rings is 1. The molecule has 0 aromatic heterocycles. The van der Waals surface area contributed by atoms with Crippen molar-refractivity contribution >= 4 is 11.8 Å². The molecule has 0 unspecified atom stereocenters. The SMILES string of the molecule is CC1(C)OC(=O)[C@]2(C)C(=O)c3ccccc3[C@H]12. The van der Waals surface area contributed by atoms with Crippen LogP contribution in [0.5, 0.6) is 0 Å². The van der Waals surface area contributed by atoms with Crippen LogP contribution in [0, 0.1) is 5.41 Å². The molecule has 1 aliphatic heterocycles. The number of cyclic esters (lactones) is 1. The Morgan fingerprint density at radius 3 is 2.47 bits per heavy atom. The number of hydrogen-bond donors (Lipinski definition) is 0. The maximum Gasteiger partial charge on any atom is 0.321 e. The Bertz CT molecular complexity index is 544. The molecule has 0 spiro atoms. The van der Waals surface area contributed by atoms with Gasteiger partial charge in [-0.2, -0.15) is 0 Å². The molecule has 88 valence electrons. The van der Waals surface area contributed by atoms with Crippen LogP contribution in [0.25, 0.3) is 0 Å². The molecule has 0 N–H and O–H groups in total. The highest BCUT2D eigenvalue weighted by atomic mass is 16.6. The van der Waals surface area contributed by atoms with Crippen molar-refractivity contribution in [1.82, 2.24) is 0 Å². The molecule has 1 fully saturated rings. The van der Waals surface area contributed by atoms with E-state index < -0.39 is 17.0 Å². The highest BCUT2D eigenvalue weighted by molar-refractivity contribution is 6.18. The van der Waals surface area contributed by atoms with Crippen molar-refractivity contribution < 1.29 is 14.3 Å². The van der Waals surface area contributed by atoms with E-state index in [4.69, 9.17) is 4.74 Å². The second kappa shape index (κ2) is 2.78. The van der Waals surface area contributed by atoms with Crippen LogP contribution in [-0.4, -0.2) is 17.4 Å². The van der Waals surface area contributed by atoms with Gasteiger partial charge in [-0.1, -0.05) is 24.3 Å². The van der Waals surface area contributed by atoms with E-state index in [9.17, 15) is 9.59 Å². The molecular formula is C14H14O3. The summed E-state index contributed by atoms with van der Waals surface area (Å²) in [6, 6.07) is 7.45. The predicted octanol–water partition coefficient (Wildman–Crippen LogP) is 2.31. The monoisotopic (exact) mass is 230 g/mol. The average Bonchev–Trinajstić information content (AvgIpc) is 2.60. The van der Waals surface area contributed by atoms with Crippen molar-refractivity contribution in [2.45, 2.75) is 32.3 Å². The molecule has 3 rings (SSSR count). The van der Waals surface area contributed by atoms with Gasteiger partial charge >= 0.3 is 5.97 Å². The van der Waals surface area contributed by atoms with Gasteiger partial charge in [-0.25, -0.2) is 0 Å². The summed E-state index contributed by atoms with van der Waals surface area (Å²) >= 11 is 0. The van der Waals surface area contributed by atoms with Crippen molar-refractivity contribution in [3.63, 3.8) is 0 Å². The number of fused-ring (bicyclic) bond motifs is 3. The zero-order valence-electron chi connectivity index (χ0n) is 10.1. The summed E-state index contributed by atoms with van der Waals surface area (Å²) in [6.45, 7) is 5.45. The fraction of sp³-hybridized carbons (Fsp3) is 0.429. The molecule has 3 heteroatoms. The van der Waals surface area contributed by atoms with Gasteiger partial charge in [0.05, 0.1) is 0 Å². The smallest absolute Gasteiger partial charge is 0.321 e. The molecule has 1 aliphatic carbocycles. The minimum atomic E-state index is -1.03. The van der Waals surface area contributed by atoms with Crippen LogP contribution in [-0.2, 0) is 9.53 Å².